The van der Waals surface area contributed by atoms with Gasteiger partial charge >= 0.3 is 0 Å². The molecule has 0 fully saturated rings. The van der Waals surface area contributed by atoms with Gasteiger partial charge in [-0.15, -0.1) is 0 Å². The topological polar surface area (TPSA) is 38.8 Å². The number of amides is 1. The van der Waals surface area contributed by atoms with Crippen LogP contribution in [-0.2, 0) is 14.5 Å². The van der Waals surface area contributed by atoms with Gasteiger partial charge in [0, 0.05) is 6.92 Å². The fraction of sp³-hybridized carbons (Fsp3) is 0.800. The fourth-order valence-electron chi connectivity index (χ4n) is 0.389. The molecule has 0 saturated heterocycles. The van der Waals surface area contributed by atoms with Crippen molar-refractivity contribution in [1.82, 2.24) is 5.23 Å². The lowest BCUT2D eigenvalue weighted by Crippen LogP contribution is -2.27. The van der Waals surface area contributed by atoms with Gasteiger partial charge in [-0.25, -0.2) is 9.68 Å². The number of nitrogens with zero attached hydrogens (tertiary/aromatic N) is 1. The Morgan fingerprint density at radius 2 is 2.22 bits per heavy atom. The van der Waals surface area contributed by atoms with E-state index in [0.29, 0.717) is 6.61 Å². The predicted octanol–water partition coefficient (Wildman–Crippen LogP) is 0.348. The molecule has 0 aliphatic heterocycles. The van der Waals surface area contributed by atoms with Crippen molar-refractivity contribution in [2.75, 3.05) is 13.7 Å². The first kappa shape index (κ1) is 8.39. The molecule has 0 atom stereocenters. The third kappa shape index (κ3) is 3.05. The van der Waals surface area contributed by atoms with Crippen LogP contribution in [0.2, 0.25) is 0 Å². The van der Waals surface area contributed by atoms with Gasteiger partial charge in [0.25, 0.3) is 5.91 Å². The molecule has 0 bridgehead atoms. The average Bonchev–Trinajstić information content (AvgIpc) is 1.82. The minimum atomic E-state index is -0.264. The molecule has 0 aliphatic carbocycles. The van der Waals surface area contributed by atoms with Crippen molar-refractivity contribution < 1.29 is 14.5 Å². The maximum absolute atomic E-state index is 10.4. The highest BCUT2D eigenvalue weighted by atomic mass is 16.9. The number of hydrogen-bond acceptors (Lipinski definition) is 3. The van der Waals surface area contributed by atoms with Crippen LogP contribution in [0.4, 0.5) is 0 Å². The highest BCUT2D eigenvalue weighted by molar-refractivity contribution is 5.70. The minimum Gasteiger partial charge on any atom is -0.270 e. The maximum Gasteiger partial charge on any atom is 0.270 e. The first-order valence-corrected chi connectivity index (χ1v) is 2.70. The summed E-state index contributed by atoms with van der Waals surface area (Å²) in [5, 5.41) is 0.833. The summed E-state index contributed by atoms with van der Waals surface area (Å²) in [5.74, 6) is -0.264. The second-order valence-electron chi connectivity index (χ2n) is 1.38. The Hall–Kier alpha value is -0.610. The molecule has 0 N–H and O–H groups in total. The Kier molecular flexibility index (Phi) is 4.00. The molecule has 9 heavy (non-hydrogen) atoms. The molecule has 0 aliphatic rings. The van der Waals surface area contributed by atoms with Gasteiger partial charge in [-0.2, -0.15) is 0 Å². The van der Waals surface area contributed by atoms with Crippen molar-refractivity contribution in [2.45, 2.75) is 13.8 Å². The van der Waals surface area contributed by atoms with E-state index < -0.39 is 0 Å². The number of hydroxylamine groups is 2. The highest BCUT2D eigenvalue weighted by Crippen LogP contribution is 1.89. The fourth-order valence-corrected chi connectivity index (χ4v) is 0.389. The quantitative estimate of drug-likeness (QED) is 0.521. The van der Waals surface area contributed by atoms with E-state index in [-0.39, 0.29) is 5.91 Å². The summed E-state index contributed by atoms with van der Waals surface area (Å²) in [7, 11) is 1.37. The molecule has 0 aromatic carbocycles. The Labute approximate surface area is 54.3 Å². The van der Waals surface area contributed by atoms with E-state index >= 15 is 0 Å². The average molecular weight is 133 g/mol. The van der Waals surface area contributed by atoms with Gasteiger partial charge in [-0.3, -0.25) is 4.79 Å². The lowest BCUT2D eigenvalue weighted by molar-refractivity contribution is -0.326. The molecule has 54 valence electrons. The molecule has 0 saturated carbocycles. The van der Waals surface area contributed by atoms with Gasteiger partial charge in [-0.1, -0.05) is 5.23 Å². The summed E-state index contributed by atoms with van der Waals surface area (Å²) >= 11 is 0. The summed E-state index contributed by atoms with van der Waals surface area (Å²) in [6, 6.07) is 0. The SMILES string of the molecule is CCON(OC)C(C)=O. The van der Waals surface area contributed by atoms with Crippen LogP contribution < -0.4 is 0 Å². The van der Waals surface area contributed by atoms with Crippen molar-refractivity contribution in [3.05, 3.63) is 0 Å². The molecule has 0 aromatic heterocycles. The molecule has 1 amide bonds. The molecule has 0 heterocycles. The normalized spacial score (nSPS) is 9.22. The molecule has 0 spiro atoms. The van der Waals surface area contributed by atoms with Gasteiger partial charge in [0.1, 0.15) is 0 Å². The summed E-state index contributed by atoms with van der Waals surface area (Å²) in [6.07, 6.45) is 0. The lowest BCUT2D eigenvalue weighted by Gasteiger charge is -2.14. The van der Waals surface area contributed by atoms with E-state index in [0.717, 1.165) is 5.23 Å². The van der Waals surface area contributed by atoms with Crippen LogP contribution in [0.3, 0.4) is 0 Å². The van der Waals surface area contributed by atoms with Crippen molar-refractivity contribution in [1.29, 1.82) is 0 Å². The molecular formula is C5H11NO3. The Morgan fingerprint density at radius 3 is 2.33 bits per heavy atom. The smallest absolute Gasteiger partial charge is 0.270 e. The van der Waals surface area contributed by atoms with Crippen LogP contribution >= 0.6 is 0 Å². The Balaban J connectivity index is 3.54. The Bertz CT molecular complexity index is 94.2. The first-order valence-electron chi connectivity index (χ1n) is 2.70. The van der Waals surface area contributed by atoms with Gasteiger partial charge < -0.3 is 0 Å². The highest BCUT2D eigenvalue weighted by Gasteiger charge is 2.04. The standard InChI is InChI=1S/C5H11NO3/c1-4-9-6(8-3)5(2)7/h4H2,1-3H3. The lowest BCUT2D eigenvalue weighted by atomic mass is 10.8. The zero-order valence-corrected chi connectivity index (χ0v) is 5.88. The van der Waals surface area contributed by atoms with Crippen LogP contribution in [0.25, 0.3) is 0 Å². The van der Waals surface area contributed by atoms with E-state index in [1.807, 2.05) is 0 Å². The number of carbonyl (C=O) groups excluding carboxylic acids is 1. The molecule has 0 radical (unpaired) electrons. The molecular weight excluding hydrogens is 122 g/mol. The summed E-state index contributed by atoms with van der Waals surface area (Å²) in [4.78, 5) is 19.7. The monoisotopic (exact) mass is 133 g/mol. The van der Waals surface area contributed by atoms with E-state index in [1.165, 1.54) is 14.0 Å². The molecule has 0 aromatic rings. The molecule has 4 nitrogen and oxygen atoms in total. The van der Waals surface area contributed by atoms with Gasteiger partial charge in [-0.05, 0) is 6.92 Å². The summed E-state index contributed by atoms with van der Waals surface area (Å²) in [6.45, 7) is 3.56. The van der Waals surface area contributed by atoms with Crippen LogP contribution in [0.15, 0.2) is 0 Å². The van der Waals surface area contributed by atoms with E-state index in [4.69, 9.17) is 4.84 Å². The maximum atomic E-state index is 10.4. The van der Waals surface area contributed by atoms with Gasteiger partial charge in [0.15, 0.2) is 0 Å². The minimum absolute atomic E-state index is 0.264. The van der Waals surface area contributed by atoms with Gasteiger partial charge in [0.2, 0.25) is 0 Å². The largest absolute Gasteiger partial charge is 0.270 e. The van der Waals surface area contributed by atoms with Crippen molar-refractivity contribution in [3.8, 4) is 0 Å². The van der Waals surface area contributed by atoms with Crippen molar-refractivity contribution in [2.24, 2.45) is 0 Å². The van der Waals surface area contributed by atoms with E-state index in [9.17, 15) is 4.79 Å². The number of hydrogen-bond donors (Lipinski definition) is 0. The predicted molar refractivity (Wildman–Crippen MR) is 31.2 cm³/mol. The first-order chi connectivity index (χ1) is 4.22. The third-order valence-corrected chi connectivity index (χ3v) is 0.669. The van der Waals surface area contributed by atoms with Crippen LogP contribution in [0, 0.1) is 0 Å². The van der Waals surface area contributed by atoms with Crippen molar-refractivity contribution in [3.63, 3.8) is 0 Å². The zero-order chi connectivity index (χ0) is 7.28. The van der Waals surface area contributed by atoms with E-state index in [2.05, 4.69) is 4.84 Å². The van der Waals surface area contributed by atoms with Crippen LogP contribution in [-0.4, -0.2) is 24.9 Å². The second-order valence-corrected chi connectivity index (χ2v) is 1.38. The summed E-state index contributed by atoms with van der Waals surface area (Å²) in [5.41, 5.74) is 0. The summed E-state index contributed by atoms with van der Waals surface area (Å²) < 4.78 is 0. The Morgan fingerprint density at radius 1 is 1.67 bits per heavy atom. The zero-order valence-electron chi connectivity index (χ0n) is 5.88. The second kappa shape index (κ2) is 4.29. The van der Waals surface area contributed by atoms with Crippen LogP contribution in [0.1, 0.15) is 13.8 Å². The van der Waals surface area contributed by atoms with Crippen molar-refractivity contribution >= 4 is 5.91 Å². The number of rotatable bonds is 3. The molecule has 4 heteroatoms. The van der Waals surface area contributed by atoms with E-state index in [1.54, 1.807) is 6.92 Å². The molecule has 0 unspecified atom stereocenters. The van der Waals surface area contributed by atoms with Gasteiger partial charge in [0.05, 0.1) is 13.7 Å². The van der Waals surface area contributed by atoms with Crippen LogP contribution in [0.5, 0.6) is 0 Å². The molecule has 0 rings (SSSR count). The third-order valence-electron chi connectivity index (χ3n) is 0.669. The number of carbonyl (C=O) groups is 1.